The van der Waals surface area contributed by atoms with Crippen molar-refractivity contribution in [2.24, 2.45) is 0 Å². The zero-order chi connectivity index (χ0) is 13.9. The predicted octanol–water partition coefficient (Wildman–Crippen LogP) is 3.79. The van der Waals surface area contributed by atoms with E-state index in [4.69, 9.17) is 4.74 Å². The van der Waals surface area contributed by atoms with Gasteiger partial charge in [-0.05, 0) is 30.5 Å². The van der Waals surface area contributed by atoms with Crippen LogP contribution in [-0.2, 0) is 6.42 Å². The fraction of sp³-hybridized carbons (Fsp3) is 0.235. The summed E-state index contributed by atoms with van der Waals surface area (Å²) in [5, 5.41) is 0. The molecule has 102 valence electrons. The zero-order valence-corrected chi connectivity index (χ0v) is 11.0. The molecule has 1 unspecified atom stereocenters. The molecule has 0 radical (unpaired) electrons. The second kappa shape index (κ2) is 5.45. The third-order valence-corrected chi connectivity index (χ3v) is 3.55. The van der Waals surface area contributed by atoms with Gasteiger partial charge in [0.25, 0.3) is 0 Å². The largest absolute Gasteiger partial charge is 0.489 e. The maximum atomic E-state index is 13.2. The predicted molar refractivity (Wildman–Crippen MR) is 74.5 cm³/mol. The first-order valence-corrected chi connectivity index (χ1v) is 6.76. The van der Waals surface area contributed by atoms with E-state index in [1.165, 1.54) is 23.8 Å². The Morgan fingerprint density at radius 2 is 1.95 bits per heavy atom. The van der Waals surface area contributed by atoms with E-state index in [1.54, 1.807) is 0 Å². The van der Waals surface area contributed by atoms with Crippen LogP contribution in [0.3, 0.4) is 0 Å². The monoisotopic (exact) mass is 270 g/mol. The highest BCUT2D eigenvalue weighted by Gasteiger charge is 2.26. The molecule has 2 aromatic carbocycles. The number of hydrogen-bond acceptors (Lipinski definition) is 2. The van der Waals surface area contributed by atoms with Gasteiger partial charge in [-0.1, -0.05) is 30.3 Å². The molecule has 0 aliphatic carbocycles. The minimum Gasteiger partial charge on any atom is -0.489 e. The SMILES string of the molecule is O=C1CC(CCc2ccccc2)Oc2cc(F)ccc21. The third kappa shape index (κ3) is 2.72. The van der Waals surface area contributed by atoms with Crippen molar-refractivity contribution in [3.05, 3.63) is 65.5 Å². The van der Waals surface area contributed by atoms with Gasteiger partial charge in [-0.2, -0.15) is 0 Å². The van der Waals surface area contributed by atoms with Crippen LogP contribution in [0.5, 0.6) is 5.75 Å². The summed E-state index contributed by atoms with van der Waals surface area (Å²) in [5.74, 6) is 0.0314. The van der Waals surface area contributed by atoms with Gasteiger partial charge >= 0.3 is 0 Å². The summed E-state index contributed by atoms with van der Waals surface area (Å²) < 4.78 is 19.0. The van der Waals surface area contributed by atoms with Gasteiger partial charge < -0.3 is 4.74 Å². The molecule has 0 spiro atoms. The summed E-state index contributed by atoms with van der Waals surface area (Å²) in [7, 11) is 0. The van der Waals surface area contributed by atoms with Crippen LogP contribution in [0.2, 0.25) is 0 Å². The van der Waals surface area contributed by atoms with Crippen LogP contribution in [0, 0.1) is 5.82 Å². The molecule has 0 fully saturated rings. The summed E-state index contributed by atoms with van der Waals surface area (Å²) in [6.45, 7) is 0. The summed E-state index contributed by atoms with van der Waals surface area (Å²) >= 11 is 0. The highest BCUT2D eigenvalue weighted by atomic mass is 19.1. The van der Waals surface area contributed by atoms with E-state index >= 15 is 0 Å². The first kappa shape index (κ1) is 12.9. The molecule has 20 heavy (non-hydrogen) atoms. The number of hydrogen-bond donors (Lipinski definition) is 0. The number of ketones is 1. The van der Waals surface area contributed by atoms with Crippen LogP contribution in [0.15, 0.2) is 48.5 Å². The Morgan fingerprint density at radius 3 is 2.75 bits per heavy atom. The van der Waals surface area contributed by atoms with Crippen LogP contribution < -0.4 is 4.74 Å². The number of benzene rings is 2. The molecule has 0 N–H and O–H groups in total. The van der Waals surface area contributed by atoms with Gasteiger partial charge in [0.1, 0.15) is 17.7 Å². The summed E-state index contributed by atoms with van der Waals surface area (Å²) in [4.78, 5) is 12.0. The van der Waals surface area contributed by atoms with E-state index in [-0.39, 0.29) is 17.7 Å². The van der Waals surface area contributed by atoms with Gasteiger partial charge in [0.15, 0.2) is 5.78 Å². The molecule has 3 heteroatoms. The van der Waals surface area contributed by atoms with E-state index in [0.717, 1.165) is 12.8 Å². The molecule has 2 aromatic rings. The van der Waals surface area contributed by atoms with Crippen molar-refractivity contribution < 1.29 is 13.9 Å². The lowest BCUT2D eigenvalue weighted by atomic mass is 9.96. The molecule has 0 aromatic heterocycles. The van der Waals surface area contributed by atoms with Crippen molar-refractivity contribution in [1.29, 1.82) is 0 Å². The normalized spacial score (nSPS) is 17.4. The van der Waals surface area contributed by atoms with Crippen LogP contribution in [0.1, 0.15) is 28.8 Å². The summed E-state index contributed by atoms with van der Waals surface area (Å²) in [5.41, 5.74) is 1.70. The quantitative estimate of drug-likeness (QED) is 0.848. The Bertz CT molecular complexity index is 622. The lowest BCUT2D eigenvalue weighted by Crippen LogP contribution is -2.27. The molecule has 3 rings (SSSR count). The average molecular weight is 270 g/mol. The maximum Gasteiger partial charge on any atom is 0.170 e. The fourth-order valence-corrected chi connectivity index (χ4v) is 2.50. The second-order valence-corrected chi connectivity index (χ2v) is 5.03. The highest BCUT2D eigenvalue weighted by Crippen LogP contribution is 2.29. The van der Waals surface area contributed by atoms with Crippen molar-refractivity contribution in [2.75, 3.05) is 0 Å². The molecule has 0 saturated carbocycles. The van der Waals surface area contributed by atoms with E-state index in [9.17, 15) is 9.18 Å². The smallest absolute Gasteiger partial charge is 0.170 e. The Kier molecular flexibility index (Phi) is 3.50. The maximum absolute atomic E-state index is 13.2. The molecule has 0 saturated heterocycles. The number of halogens is 1. The zero-order valence-electron chi connectivity index (χ0n) is 11.0. The number of aryl methyl sites for hydroxylation is 1. The third-order valence-electron chi connectivity index (χ3n) is 3.55. The summed E-state index contributed by atoms with van der Waals surface area (Å²) in [6.07, 6.45) is 1.80. The van der Waals surface area contributed by atoms with Gasteiger partial charge in [0.05, 0.1) is 5.56 Å². The highest BCUT2D eigenvalue weighted by molar-refractivity contribution is 5.99. The topological polar surface area (TPSA) is 26.3 Å². The van der Waals surface area contributed by atoms with Crippen LogP contribution in [0.25, 0.3) is 0 Å². The molecule has 2 nitrogen and oxygen atoms in total. The van der Waals surface area contributed by atoms with E-state index in [1.807, 2.05) is 18.2 Å². The molecule has 1 aliphatic heterocycles. The number of carbonyl (C=O) groups excluding carboxylic acids is 1. The first-order chi connectivity index (χ1) is 9.72. The van der Waals surface area contributed by atoms with E-state index in [2.05, 4.69) is 12.1 Å². The van der Waals surface area contributed by atoms with Crippen LogP contribution in [-0.4, -0.2) is 11.9 Å². The standard InChI is InChI=1S/C17H15FO2/c18-13-7-9-15-16(19)11-14(20-17(15)10-13)8-6-12-4-2-1-3-5-12/h1-5,7,9-10,14H,6,8,11H2. The number of carbonyl (C=O) groups is 1. The Balaban J connectivity index is 1.70. The van der Waals surface area contributed by atoms with Crippen molar-refractivity contribution >= 4 is 5.78 Å². The Labute approximate surface area is 117 Å². The minimum atomic E-state index is -0.375. The van der Waals surface area contributed by atoms with Crippen LogP contribution in [0.4, 0.5) is 4.39 Å². The molecular weight excluding hydrogens is 255 g/mol. The lowest BCUT2D eigenvalue weighted by Gasteiger charge is -2.25. The number of fused-ring (bicyclic) bond motifs is 1. The number of rotatable bonds is 3. The molecule has 1 aliphatic rings. The van der Waals surface area contributed by atoms with Crippen molar-refractivity contribution in [3.63, 3.8) is 0 Å². The van der Waals surface area contributed by atoms with Gasteiger partial charge in [0.2, 0.25) is 0 Å². The minimum absolute atomic E-state index is 0.0318. The first-order valence-electron chi connectivity index (χ1n) is 6.76. The van der Waals surface area contributed by atoms with Crippen molar-refractivity contribution in [2.45, 2.75) is 25.4 Å². The molecule has 1 atom stereocenters. The van der Waals surface area contributed by atoms with Gasteiger partial charge in [-0.15, -0.1) is 0 Å². The average Bonchev–Trinajstić information content (AvgIpc) is 2.46. The van der Waals surface area contributed by atoms with Gasteiger partial charge in [-0.25, -0.2) is 4.39 Å². The van der Waals surface area contributed by atoms with E-state index < -0.39 is 0 Å². The van der Waals surface area contributed by atoms with Crippen molar-refractivity contribution in [1.82, 2.24) is 0 Å². The second-order valence-electron chi connectivity index (χ2n) is 5.03. The number of ether oxygens (including phenoxy) is 1. The van der Waals surface area contributed by atoms with E-state index in [0.29, 0.717) is 17.7 Å². The van der Waals surface area contributed by atoms with Crippen LogP contribution >= 0.6 is 0 Å². The molecular formula is C17H15FO2. The molecule has 0 bridgehead atoms. The molecule has 0 amide bonds. The van der Waals surface area contributed by atoms with Gasteiger partial charge in [-0.3, -0.25) is 4.79 Å². The molecule has 1 heterocycles. The van der Waals surface area contributed by atoms with Gasteiger partial charge in [0, 0.05) is 12.5 Å². The fourth-order valence-electron chi connectivity index (χ4n) is 2.50. The Hall–Kier alpha value is -2.16. The lowest BCUT2D eigenvalue weighted by molar-refractivity contribution is 0.0838. The number of Topliss-reactive ketones (excluding diaryl/α,β-unsaturated/α-hetero) is 1. The Morgan fingerprint density at radius 1 is 1.15 bits per heavy atom. The van der Waals surface area contributed by atoms with Crippen molar-refractivity contribution in [3.8, 4) is 5.75 Å². The summed E-state index contributed by atoms with van der Waals surface area (Å²) in [6, 6.07) is 14.2.